The lowest BCUT2D eigenvalue weighted by molar-refractivity contribution is -0.890. The van der Waals surface area contributed by atoms with Gasteiger partial charge in [0.25, 0.3) is 0 Å². The second-order valence-corrected chi connectivity index (χ2v) is 20.7. The van der Waals surface area contributed by atoms with Gasteiger partial charge in [0.05, 0.1) is 72.3 Å². The third-order valence-corrected chi connectivity index (χ3v) is 14.2. The molecule has 0 unspecified atom stereocenters. The van der Waals surface area contributed by atoms with E-state index in [0.717, 1.165) is 35.0 Å². The van der Waals surface area contributed by atoms with Crippen LogP contribution in [0.15, 0.2) is 122 Å². The second kappa shape index (κ2) is 22.0. The molecule has 6 rings (SSSR count). The lowest BCUT2D eigenvalue weighted by Gasteiger charge is -2.30. The minimum absolute atomic E-state index is 1.02. The summed E-state index contributed by atoms with van der Waals surface area (Å²) >= 11 is 0. The number of fused-ring (bicyclic) bond motifs is 2. The number of aryl methyl sites for hydroxylation is 2. The van der Waals surface area contributed by atoms with Crippen molar-refractivity contribution in [1.29, 1.82) is 0 Å². The molecule has 8 heteroatoms. The molecule has 0 fully saturated rings. The number of rotatable bonds is 22. The monoisotopic (exact) mass is 855 g/mol. The Bertz CT molecular complexity index is 2400. The van der Waals surface area contributed by atoms with Gasteiger partial charge in [0, 0.05) is 99.6 Å². The molecule has 0 atom stereocenters. The Hall–Kier alpha value is -4.60. The van der Waals surface area contributed by atoms with Crippen LogP contribution in [-0.2, 0) is 13.1 Å². The van der Waals surface area contributed by atoms with Crippen molar-refractivity contribution in [2.45, 2.75) is 32.4 Å². The Morgan fingerprint density at radius 3 is 1.31 bits per heavy atom. The molecule has 0 aliphatic heterocycles. The average molecular weight is 855 g/mol. The van der Waals surface area contributed by atoms with Crippen molar-refractivity contribution in [3.63, 3.8) is 0 Å². The summed E-state index contributed by atoms with van der Waals surface area (Å²) in [5, 5.41) is 5.15. The quantitative estimate of drug-likeness (QED) is 0.0292. The number of anilines is 2. The summed E-state index contributed by atoms with van der Waals surface area (Å²) in [6.07, 6.45) is 17.1. The lowest BCUT2D eigenvalue weighted by atomic mass is 10.0. The minimum Gasteiger partial charge on any atom is -0.377 e. The molecule has 0 aliphatic rings. The molecular weight excluding hydrogens is 785 g/mol. The number of pyridine rings is 2. The summed E-state index contributed by atoms with van der Waals surface area (Å²) < 4.78 is 6.94. The van der Waals surface area contributed by atoms with Crippen LogP contribution in [0.4, 0.5) is 11.4 Å². The van der Waals surface area contributed by atoms with E-state index in [1.165, 1.54) is 99.4 Å². The maximum atomic E-state index is 2.41. The van der Waals surface area contributed by atoms with E-state index in [-0.39, 0.29) is 0 Å². The molecule has 61 heavy (non-hydrogen) atoms. The molecule has 6 nitrogen and oxygen atoms in total. The van der Waals surface area contributed by atoms with Crippen LogP contribution in [0.5, 0.6) is 0 Å². The van der Waals surface area contributed by atoms with E-state index in [1.807, 2.05) is 0 Å². The highest BCUT2D eigenvalue weighted by molar-refractivity contribution is 8.76. The summed E-state index contributed by atoms with van der Waals surface area (Å²) in [4.78, 5) is 4.38. The number of benzene rings is 4. The number of quaternary nitrogens is 2. The highest BCUT2D eigenvalue weighted by Gasteiger charge is 2.19. The Morgan fingerprint density at radius 2 is 0.852 bits per heavy atom. The topological polar surface area (TPSA) is 14.2 Å². The molecule has 2 heterocycles. The van der Waals surface area contributed by atoms with E-state index in [9.17, 15) is 0 Å². The zero-order chi connectivity index (χ0) is 43.2. The van der Waals surface area contributed by atoms with Gasteiger partial charge in [0.1, 0.15) is 6.54 Å². The van der Waals surface area contributed by atoms with Crippen LogP contribution in [0.3, 0.4) is 0 Å². The normalized spacial score (nSPS) is 12.3. The lowest BCUT2D eigenvalue weighted by Crippen LogP contribution is -2.45. The number of nitrogens with zero attached hydrogens (tertiary/aromatic N) is 6. The van der Waals surface area contributed by atoms with E-state index < -0.39 is 0 Å². The van der Waals surface area contributed by atoms with Crippen LogP contribution in [0, 0.1) is 0 Å². The molecule has 0 bridgehead atoms. The van der Waals surface area contributed by atoms with E-state index in [4.69, 9.17) is 0 Å². The summed E-state index contributed by atoms with van der Waals surface area (Å²) in [7, 11) is 22.1. The largest absolute Gasteiger partial charge is 0.377 e. The van der Waals surface area contributed by atoms with E-state index in [0.29, 0.717) is 0 Å². The van der Waals surface area contributed by atoms with Crippen LogP contribution >= 0.6 is 21.6 Å². The summed E-state index contributed by atoms with van der Waals surface area (Å²) in [5.41, 5.74) is 7.49. The SMILES string of the molecule is CN(C)c1ccc(/C=C/c2cccc[n+]2CCCC[N+](C)(C)CCSSCC[N+](C)(C)CCC[n+]2ccccc2/C=C/c2ccc(N(C)C)c3ccccc23)c2ccccc12. The first kappa shape index (κ1) is 45.9. The fourth-order valence-corrected chi connectivity index (χ4v) is 10.7. The highest BCUT2D eigenvalue weighted by Crippen LogP contribution is 2.31. The fourth-order valence-electron chi connectivity index (χ4n) is 8.12. The first-order valence-corrected chi connectivity index (χ1v) is 24.5. The summed E-state index contributed by atoms with van der Waals surface area (Å²) in [6, 6.07) is 39.4. The van der Waals surface area contributed by atoms with Crippen LogP contribution in [-0.4, -0.2) is 103 Å². The number of aromatic nitrogens is 2. The third-order valence-electron chi connectivity index (χ3n) is 11.9. The van der Waals surface area contributed by atoms with Gasteiger partial charge in [-0.3, -0.25) is 0 Å². The van der Waals surface area contributed by atoms with Gasteiger partial charge in [-0.1, -0.05) is 82.3 Å². The van der Waals surface area contributed by atoms with Gasteiger partial charge in [-0.05, 0) is 58.3 Å². The standard InChI is InChI=1S/C53H70N6S2/c1-54(2)52-32-28-44(48-22-9-11-24-50(48)52)26-30-46-20-13-15-34-56(46)36-17-18-38-58(5,6)40-42-60-61-43-41-59(7,8)39-19-37-57-35-16-14-21-47(57)31-27-45-29-33-53(55(3)4)51-25-12-10-23-49(45)51/h9-16,20-35H,17-19,36-43H2,1-8H3/q+4. The van der Waals surface area contributed by atoms with Crippen molar-refractivity contribution in [2.75, 3.05) is 104 Å². The second-order valence-electron chi connectivity index (χ2n) is 18.0. The first-order valence-electron chi connectivity index (χ1n) is 22.0. The maximum Gasteiger partial charge on any atom is 0.205 e. The van der Waals surface area contributed by atoms with E-state index in [1.54, 1.807) is 0 Å². The molecule has 0 radical (unpaired) electrons. The van der Waals surface area contributed by atoms with Crippen molar-refractivity contribution >= 4 is 78.8 Å². The summed E-state index contributed by atoms with van der Waals surface area (Å²) in [6.45, 7) is 6.81. The Labute approximate surface area is 375 Å². The van der Waals surface area contributed by atoms with Crippen LogP contribution < -0.4 is 18.9 Å². The van der Waals surface area contributed by atoms with Gasteiger partial charge in [-0.2, -0.15) is 9.13 Å². The van der Waals surface area contributed by atoms with Crippen molar-refractivity contribution in [3.8, 4) is 0 Å². The van der Waals surface area contributed by atoms with Crippen molar-refractivity contribution < 1.29 is 18.1 Å². The van der Waals surface area contributed by atoms with Crippen molar-refractivity contribution in [3.05, 3.63) is 144 Å². The molecule has 0 aliphatic carbocycles. The van der Waals surface area contributed by atoms with Crippen LogP contribution in [0.25, 0.3) is 45.8 Å². The van der Waals surface area contributed by atoms with Gasteiger partial charge in [-0.25, -0.2) is 0 Å². The van der Waals surface area contributed by atoms with Gasteiger partial charge in [-0.15, -0.1) is 0 Å². The predicted molar refractivity (Wildman–Crippen MR) is 270 cm³/mol. The Kier molecular flexibility index (Phi) is 16.5. The molecule has 0 spiro atoms. The van der Waals surface area contributed by atoms with E-state index in [2.05, 4.69) is 243 Å². The highest BCUT2D eigenvalue weighted by atomic mass is 33.1. The molecule has 0 saturated heterocycles. The Morgan fingerprint density at radius 1 is 0.443 bits per heavy atom. The van der Waals surface area contributed by atoms with E-state index >= 15 is 0 Å². The van der Waals surface area contributed by atoms with Crippen LogP contribution in [0.2, 0.25) is 0 Å². The van der Waals surface area contributed by atoms with Crippen LogP contribution in [0.1, 0.15) is 41.8 Å². The molecule has 0 saturated carbocycles. The smallest absolute Gasteiger partial charge is 0.205 e. The molecule has 2 aromatic heterocycles. The van der Waals surface area contributed by atoms with Gasteiger partial charge < -0.3 is 18.8 Å². The minimum atomic E-state index is 1.02. The Balaban J connectivity index is 0.885. The van der Waals surface area contributed by atoms with Gasteiger partial charge in [0.15, 0.2) is 18.9 Å². The molecule has 6 aromatic rings. The zero-order valence-corrected chi connectivity index (χ0v) is 39.8. The fraction of sp³-hybridized carbons (Fsp3) is 0.358. The zero-order valence-electron chi connectivity index (χ0n) is 38.1. The number of unbranched alkanes of at least 4 members (excludes halogenated alkanes) is 1. The maximum absolute atomic E-state index is 2.41. The summed E-state index contributed by atoms with van der Waals surface area (Å²) in [5.74, 6) is 2.37. The first-order chi connectivity index (χ1) is 29.4. The molecule has 0 N–H and O–H groups in total. The van der Waals surface area contributed by atoms with Crippen molar-refractivity contribution in [2.24, 2.45) is 0 Å². The number of hydrogen-bond acceptors (Lipinski definition) is 4. The molecule has 4 aromatic carbocycles. The number of hydrogen-bond donors (Lipinski definition) is 0. The third kappa shape index (κ3) is 13.2. The molecule has 0 amide bonds. The van der Waals surface area contributed by atoms with Gasteiger partial charge >= 0.3 is 0 Å². The predicted octanol–water partition coefficient (Wildman–Crippen LogP) is 10.4. The van der Waals surface area contributed by atoms with Crippen molar-refractivity contribution in [1.82, 2.24) is 0 Å². The average Bonchev–Trinajstić information content (AvgIpc) is 3.25. The van der Waals surface area contributed by atoms with Gasteiger partial charge in [0.2, 0.25) is 11.4 Å². The molecular formula is C53H70N6S2+4. The molecule has 320 valence electrons.